The van der Waals surface area contributed by atoms with Gasteiger partial charge in [0.15, 0.2) is 0 Å². The number of hydrogen-bond acceptors (Lipinski definition) is 4. The van der Waals surface area contributed by atoms with E-state index in [1.165, 1.54) is 7.11 Å². The van der Waals surface area contributed by atoms with Crippen LogP contribution in [0, 0.1) is 0 Å². The number of rotatable bonds is 7. The predicted molar refractivity (Wildman–Crippen MR) is 69.0 cm³/mol. The van der Waals surface area contributed by atoms with Crippen molar-refractivity contribution >= 4 is 5.91 Å². The lowest BCUT2D eigenvalue weighted by atomic mass is 10.1. The normalized spacial score (nSPS) is 13.9. The molecule has 0 radical (unpaired) electrons. The Morgan fingerprint density at radius 3 is 2.61 bits per heavy atom. The van der Waals surface area contributed by atoms with Gasteiger partial charge in [0.25, 0.3) is 5.91 Å². The van der Waals surface area contributed by atoms with Crippen molar-refractivity contribution in [2.75, 3.05) is 20.3 Å². The second-order valence-electron chi connectivity index (χ2n) is 4.04. The van der Waals surface area contributed by atoms with Crippen molar-refractivity contribution < 1.29 is 14.6 Å². The summed E-state index contributed by atoms with van der Waals surface area (Å²) in [4.78, 5) is 11.7. The fourth-order valence-electron chi connectivity index (χ4n) is 1.66. The van der Waals surface area contributed by atoms with Gasteiger partial charge in [0.05, 0.1) is 12.6 Å². The third-order valence-electron chi connectivity index (χ3n) is 2.68. The molecule has 1 rings (SSSR count). The summed E-state index contributed by atoms with van der Waals surface area (Å²) in [6.45, 7) is -0.00649. The zero-order chi connectivity index (χ0) is 13.4. The van der Waals surface area contributed by atoms with Crippen LogP contribution in [0.4, 0.5) is 0 Å². The Morgan fingerprint density at radius 1 is 1.44 bits per heavy atom. The molecule has 0 saturated heterocycles. The molecule has 5 heteroatoms. The van der Waals surface area contributed by atoms with Gasteiger partial charge in [-0.2, -0.15) is 0 Å². The van der Waals surface area contributed by atoms with Crippen LogP contribution in [0.2, 0.25) is 0 Å². The van der Waals surface area contributed by atoms with Crippen molar-refractivity contribution in [3.63, 3.8) is 0 Å². The van der Waals surface area contributed by atoms with E-state index in [1.807, 2.05) is 30.3 Å². The molecule has 5 nitrogen and oxygen atoms in total. The lowest BCUT2D eigenvalue weighted by Crippen LogP contribution is -2.47. The number of aliphatic hydroxyl groups is 1. The molecule has 0 bridgehead atoms. The van der Waals surface area contributed by atoms with Crippen LogP contribution in [-0.4, -0.2) is 43.4 Å². The molecule has 1 aromatic rings. The number of carbonyl (C=O) groups is 1. The van der Waals surface area contributed by atoms with Crippen LogP contribution in [0.15, 0.2) is 30.3 Å². The maximum atomic E-state index is 11.7. The summed E-state index contributed by atoms with van der Waals surface area (Å²) in [6, 6.07) is 9.33. The number of aliphatic hydroxyl groups excluding tert-OH is 1. The van der Waals surface area contributed by atoms with Gasteiger partial charge in [-0.3, -0.25) is 4.79 Å². The molecule has 0 fully saturated rings. The van der Waals surface area contributed by atoms with Crippen molar-refractivity contribution in [3.05, 3.63) is 35.9 Å². The van der Waals surface area contributed by atoms with Gasteiger partial charge in [-0.15, -0.1) is 0 Å². The Morgan fingerprint density at radius 2 is 2.11 bits per heavy atom. The second-order valence-corrected chi connectivity index (χ2v) is 4.04. The van der Waals surface area contributed by atoms with Crippen molar-refractivity contribution in [2.45, 2.75) is 18.6 Å². The van der Waals surface area contributed by atoms with Crippen LogP contribution in [0.1, 0.15) is 5.56 Å². The average molecular weight is 252 g/mol. The van der Waals surface area contributed by atoms with Gasteiger partial charge in [0.1, 0.15) is 6.10 Å². The maximum Gasteiger partial charge on any atom is 0.250 e. The van der Waals surface area contributed by atoms with E-state index >= 15 is 0 Å². The van der Waals surface area contributed by atoms with E-state index in [2.05, 4.69) is 5.32 Å². The van der Waals surface area contributed by atoms with E-state index in [-0.39, 0.29) is 25.1 Å². The standard InChI is InChI=1S/C13H20N2O3/c1-18-12(8-14)13(17)15-11(9-16)7-10-5-3-2-4-6-10/h2-6,11-12,16H,7-9,14H2,1H3,(H,15,17). The maximum absolute atomic E-state index is 11.7. The minimum Gasteiger partial charge on any atom is -0.394 e. The highest BCUT2D eigenvalue weighted by atomic mass is 16.5. The summed E-state index contributed by atoms with van der Waals surface area (Å²) in [5, 5.41) is 12.0. The van der Waals surface area contributed by atoms with Gasteiger partial charge in [-0.05, 0) is 12.0 Å². The predicted octanol–water partition coefficient (Wildman–Crippen LogP) is -0.320. The highest BCUT2D eigenvalue weighted by Gasteiger charge is 2.19. The minimum atomic E-state index is -0.671. The summed E-state index contributed by atoms with van der Waals surface area (Å²) in [7, 11) is 1.43. The fourth-order valence-corrected chi connectivity index (χ4v) is 1.66. The van der Waals surface area contributed by atoms with Gasteiger partial charge in [-0.1, -0.05) is 30.3 Å². The number of amides is 1. The molecule has 2 unspecified atom stereocenters. The van der Waals surface area contributed by atoms with E-state index in [0.29, 0.717) is 6.42 Å². The van der Waals surface area contributed by atoms with Crippen molar-refractivity contribution in [2.24, 2.45) is 5.73 Å². The zero-order valence-corrected chi connectivity index (χ0v) is 10.5. The average Bonchev–Trinajstić information content (AvgIpc) is 2.40. The largest absolute Gasteiger partial charge is 0.394 e. The molecule has 18 heavy (non-hydrogen) atoms. The van der Waals surface area contributed by atoms with Crippen molar-refractivity contribution in [3.8, 4) is 0 Å². The van der Waals surface area contributed by atoms with E-state index in [4.69, 9.17) is 10.5 Å². The Hall–Kier alpha value is -1.43. The SMILES string of the molecule is COC(CN)C(=O)NC(CO)Cc1ccccc1. The molecule has 4 N–H and O–H groups in total. The minimum absolute atomic E-state index is 0.117. The van der Waals surface area contributed by atoms with Gasteiger partial charge >= 0.3 is 0 Å². The van der Waals surface area contributed by atoms with Gasteiger partial charge in [0.2, 0.25) is 0 Å². The molecular formula is C13H20N2O3. The zero-order valence-electron chi connectivity index (χ0n) is 10.5. The van der Waals surface area contributed by atoms with Gasteiger partial charge < -0.3 is 20.9 Å². The fraction of sp³-hybridized carbons (Fsp3) is 0.462. The molecule has 2 atom stereocenters. The molecule has 0 heterocycles. The summed E-state index contributed by atoms with van der Waals surface area (Å²) in [5.74, 6) is -0.296. The number of nitrogens with two attached hydrogens (primary N) is 1. The highest BCUT2D eigenvalue weighted by molar-refractivity contribution is 5.81. The van der Waals surface area contributed by atoms with E-state index in [0.717, 1.165) is 5.56 Å². The Kier molecular flexibility index (Phi) is 6.35. The van der Waals surface area contributed by atoms with Crippen LogP contribution < -0.4 is 11.1 Å². The van der Waals surface area contributed by atoms with E-state index < -0.39 is 6.10 Å². The van der Waals surface area contributed by atoms with Gasteiger partial charge in [0, 0.05) is 13.7 Å². The third kappa shape index (κ3) is 4.44. The first-order valence-corrected chi connectivity index (χ1v) is 5.89. The van der Waals surface area contributed by atoms with Crippen LogP contribution in [0.3, 0.4) is 0 Å². The smallest absolute Gasteiger partial charge is 0.250 e. The molecular weight excluding hydrogens is 232 g/mol. The van der Waals surface area contributed by atoms with Crippen LogP contribution in [0.25, 0.3) is 0 Å². The quantitative estimate of drug-likeness (QED) is 0.621. The number of benzene rings is 1. The molecule has 0 aliphatic rings. The van der Waals surface area contributed by atoms with E-state index in [1.54, 1.807) is 0 Å². The highest BCUT2D eigenvalue weighted by Crippen LogP contribution is 2.03. The summed E-state index contributed by atoms with van der Waals surface area (Å²) in [6.07, 6.45) is -0.0980. The second kappa shape index (κ2) is 7.81. The molecule has 100 valence electrons. The monoisotopic (exact) mass is 252 g/mol. The first-order chi connectivity index (χ1) is 8.71. The molecule has 0 saturated carbocycles. The van der Waals surface area contributed by atoms with E-state index in [9.17, 15) is 9.90 Å². The lowest BCUT2D eigenvalue weighted by Gasteiger charge is -2.19. The summed E-state index contributed by atoms with van der Waals surface area (Å²) >= 11 is 0. The van der Waals surface area contributed by atoms with Crippen LogP contribution in [0.5, 0.6) is 0 Å². The van der Waals surface area contributed by atoms with Crippen molar-refractivity contribution in [1.82, 2.24) is 5.32 Å². The number of ether oxygens (including phenoxy) is 1. The lowest BCUT2D eigenvalue weighted by molar-refractivity contribution is -0.131. The molecule has 1 amide bonds. The van der Waals surface area contributed by atoms with Crippen LogP contribution in [-0.2, 0) is 16.0 Å². The number of nitrogens with one attached hydrogen (secondary N) is 1. The number of methoxy groups -OCH3 is 1. The van der Waals surface area contributed by atoms with Crippen molar-refractivity contribution in [1.29, 1.82) is 0 Å². The molecule has 1 aromatic carbocycles. The Bertz CT molecular complexity index is 353. The summed E-state index contributed by atoms with van der Waals surface area (Å²) in [5.41, 5.74) is 6.46. The Labute approximate surface area is 107 Å². The molecule has 0 aliphatic carbocycles. The first-order valence-electron chi connectivity index (χ1n) is 5.89. The summed E-state index contributed by atoms with van der Waals surface area (Å²) < 4.78 is 4.94. The number of carbonyl (C=O) groups excluding carboxylic acids is 1. The third-order valence-corrected chi connectivity index (χ3v) is 2.68. The van der Waals surface area contributed by atoms with Crippen LogP contribution >= 0.6 is 0 Å². The topological polar surface area (TPSA) is 84.6 Å². The van der Waals surface area contributed by atoms with Gasteiger partial charge in [-0.25, -0.2) is 0 Å². The molecule has 0 spiro atoms. The molecule has 0 aromatic heterocycles. The Balaban J connectivity index is 2.54. The number of hydrogen-bond donors (Lipinski definition) is 3. The first kappa shape index (κ1) is 14.6. The molecule has 0 aliphatic heterocycles.